The van der Waals surface area contributed by atoms with Crippen LogP contribution in [-0.4, -0.2) is 26.9 Å². The first-order valence-electron chi connectivity index (χ1n) is 5.60. The van der Waals surface area contributed by atoms with Gasteiger partial charge in [-0.15, -0.1) is 0 Å². The van der Waals surface area contributed by atoms with Gasteiger partial charge < -0.3 is 9.47 Å². The predicted octanol–water partition coefficient (Wildman–Crippen LogP) is 2.97. The molecule has 0 aromatic rings. The number of hydrogen-bond donors (Lipinski definition) is 0. The molecule has 0 bridgehead atoms. The number of methoxy groups -OCH3 is 2. The van der Waals surface area contributed by atoms with Gasteiger partial charge in [0.15, 0.2) is 0 Å². The van der Waals surface area contributed by atoms with Gasteiger partial charge >= 0.3 is 0 Å². The lowest BCUT2D eigenvalue weighted by Crippen LogP contribution is -2.32. The van der Waals surface area contributed by atoms with Crippen LogP contribution in [0.1, 0.15) is 34.1 Å². The molecule has 2 heteroatoms. The largest absolute Gasteiger partial charge is 0.382 e. The molecule has 0 aliphatic heterocycles. The second kappa shape index (κ2) is 7.24. The van der Waals surface area contributed by atoms with Crippen LogP contribution >= 0.6 is 0 Å². The lowest BCUT2D eigenvalue weighted by molar-refractivity contribution is -0.0244. The van der Waals surface area contributed by atoms with E-state index in [0.29, 0.717) is 18.4 Å². The van der Waals surface area contributed by atoms with Crippen molar-refractivity contribution >= 4 is 0 Å². The highest BCUT2D eigenvalue weighted by atomic mass is 16.5. The van der Waals surface area contributed by atoms with Gasteiger partial charge in [0, 0.05) is 14.2 Å². The Hall–Kier alpha value is -0.0800. The van der Waals surface area contributed by atoms with E-state index in [0.717, 1.165) is 5.92 Å². The zero-order valence-corrected chi connectivity index (χ0v) is 10.5. The predicted molar refractivity (Wildman–Crippen MR) is 60.5 cm³/mol. The van der Waals surface area contributed by atoms with Gasteiger partial charge in [0.1, 0.15) is 0 Å². The molecule has 2 nitrogen and oxygen atoms in total. The molecule has 0 heterocycles. The quantitative estimate of drug-likeness (QED) is 0.632. The van der Waals surface area contributed by atoms with E-state index in [2.05, 4.69) is 27.7 Å². The van der Waals surface area contributed by atoms with E-state index >= 15 is 0 Å². The van der Waals surface area contributed by atoms with Crippen molar-refractivity contribution in [3.05, 3.63) is 0 Å². The normalized spacial score (nSPS) is 20.1. The van der Waals surface area contributed by atoms with Gasteiger partial charge in [-0.1, -0.05) is 34.1 Å². The number of hydrogen-bond acceptors (Lipinski definition) is 2. The second-order valence-electron chi connectivity index (χ2n) is 4.33. The lowest BCUT2D eigenvalue weighted by Gasteiger charge is -2.30. The van der Waals surface area contributed by atoms with Crippen LogP contribution in [0.15, 0.2) is 0 Å². The van der Waals surface area contributed by atoms with Crippen molar-refractivity contribution in [1.29, 1.82) is 0 Å². The summed E-state index contributed by atoms with van der Waals surface area (Å²) in [7, 11) is 3.50. The van der Waals surface area contributed by atoms with E-state index in [-0.39, 0.29) is 6.10 Å². The fourth-order valence-electron chi connectivity index (χ4n) is 1.83. The summed E-state index contributed by atoms with van der Waals surface area (Å²) in [5, 5.41) is 0. The van der Waals surface area contributed by atoms with E-state index in [4.69, 9.17) is 9.47 Å². The monoisotopic (exact) mass is 202 g/mol. The Bertz CT molecular complexity index is 134. The second-order valence-corrected chi connectivity index (χ2v) is 4.33. The lowest BCUT2D eigenvalue weighted by atomic mass is 9.81. The highest BCUT2D eigenvalue weighted by Crippen LogP contribution is 2.26. The molecular formula is C12H26O2. The molecule has 0 aliphatic rings. The van der Waals surface area contributed by atoms with Crippen molar-refractivity contribution < 1.29 is 9.47 Å². The fourth-order valence-corrected chi connectivity index (χ4v) is 1.83. The summed E-state index contributed by atoms with van der Waals surface area (Å²) in [4.78, 5) is 0. The van der Waals surface area contributed by atoms with E-state index in [1.807, 2.05) is 0 Å². The van der Waals surface area contributed by atoms with Crippen LogP contribution in [0.3, 0.4) is 0 Å². The SMILES string of the molecule is CCC(C)C(C)C(C)C(COC)OC. The Labute approximate surface area is 89.0 Å². The highest BCUT2D eigenvalue weighted by molar-refractivity contribution is 4.74. The molecule has 0 aromatic carbocycles. The third-order valence-corrected chi connectivity index (χ3v) is 3.59. The van der Waals surface area contributed by atoms with Crippen molar-refractivity contribution in [3.8, 4) is 0 Å². The molecule has 0 amide bonds. The van der Waals surface area contributed by atoms with E-state index in [1.165, 1.54) is 6.42 Å². The van der Waals surface area contributed by atoms with E-state index < -0.39 is 0 Å². The van der Waals surface area contributed by atoms with Gasteiger partial charge in [-0.25, -0.2) is 0 Å². The summed E-state index contributed by atoms with van der Waals surface area (Å²) in [6.07, 6.45) is 1.46. The Morgan fingerprint density at radius 1 is 1.00 bits per heavy atom. The zero-order chi connectivity index (χ0) is 11.1. The molecule has 4 unspecified atom stereocenters. The average molecular weight is 202 g/mol. The first-order valence-corrected chi connectivity index (χ1v) is 5.60. The molecule has 14 heavy (non-hydrogen) atoms. The smallest absolute Gasteiger partial charge is 0.0832 e. The van der Waals surface area contributed by atoms with Crippen LogP contribution in [0, 0.1) is 17.8 Å². The minimum absolute atomic E-state index is 0.226. The molecule has 0 spiro atoms. The maximum atomic E-state index is 5.44. The summed E-state index contributed by atoms with van der Waals surface area (Å²) in [5.74, 6) is 1.98. The van der Waals surface area contributed by atoms with Crippen molar-refractivity contribution in [3.63, 3.8) is 0 Å². The Morgan fingerprint density at radius 3 is 1.93 bits per heavy atom. The van der Waals surface area contributed by atoms with Crippen LogP contribution in [0.5, 0.6) is 0 Å². The fraction of sp³-hybridized carbons (Fsp3) is 1.00. The summed E-state index contributed by atoms with van der Waals surface area (Å²) in [5.41, 5.74) is 0. The van der Waals surface area contributed by atoms with Gasteiger partial charge in [0.25, 0.3) is 0 Å². The third-order valence-electron chi connectivity index (χ3n) is 3.59. The van der Waals surface area contributed by atoms with Crippen LogP contribution < -0.4 is 0 Å². The van der Waals surface area contributed by atoms with Crippen molar-refractivity contribution in [2.24, 2.45) is 17.8 Å². The summed E-state index contributed by atoms with van der Waals surface area (Å²) >= 11 is 0. The van der Waals surface area contributed by atoms with Crippen LogP contribution in [0.2, 0.25) is 0 Å². The molecule has 0 aromatic heterocycles. The molecule has 4 atom stereocenters. The van der Waals surface area contributed by atoms with Crippen molar-refractivity contribution in [1.82, 2.24) is 0 Å². The third kappa shape index (κ3) is 3.97. The van der Waals surface area contributed by atoms with Crippen molar-refractivity contribution in [2.75, 3.05) is 20.8 Å². The molecule has 0 N–H and O–H groups in total. The van der Waals surface area contributed by atoms with Gasteiger partial charge in [-0.3, -0.25) is 0 Å². The molecule has 0 aliphatic carbocycles. The van der Waals surface area contributed by atoms with Gasteiger partial charge in [-0.05, 0) is 17.8 Å². The minimum atomic E-state index is 0.226. The molecule has 86 valence electrons. The van der Waals surface area contributed by atoms with Crippen LogP contribution in [-0.2, 0) is 9.47 Å². The Balaban J connectivity index is 4.17. The zero-order valence-electron chi connectivity index (χ0n) is 10.5. The minimum Gasteiger partial charge on any atom is -0.382 e. The molecular weight excluding hydrogens is 176 g/mol. The molecule has 0 saturated carbocycles. The van der Waals surface area contributed by atoms with Gasteiger partial charge in [-0.2, -0.15) is 0 Å². The van der Waals surface area contributed by atoms with Crippen LogP contribution in [0.4, 0.5) is 0 Å². The molecule has 0 saturated heterocycles. The molecule has 0 rings (SSSR count). The summed E-state index contributed by atoms with van der Waals surface area (Å²) in [6.45, 7) is 9.80. The summed E-state index contributed by atoms with van der Waals surface area (Å²) in [6, 6.07) is 0. The van der Waals surface area contributed by atoms with Gasteiger partial charge in [0.2, 0.25) is 0 Å². The maximum Gasteiger partial charge on any atom is 0.0832 e. The molecule has 0 radical (unpaired) electrons. The first kappa shape index (κ1) is 13.9. The first-order chi connectivity index (χ1) is 6.58. The van der Waals surface area contributed by atoms with Crippen LogP contribution in [0.25, 0.3) is 0 Å². The maximum absolute atomic E-state index is 5.44. The topological polar surface area (TPSA) is 18.5 Å². The standard InChI is InChI=1S/C12H26O2/c1-7-9(2)10(3)11(4)12(14-6)8-13-5/h9-12H,7-8H2,1-6H3. The highest BCUT2D eigenvalue weighted by Gasteiger charge is 2.25. The number of ether oxygens (including phenoxy) is 2. The van der Waals surface area contributed by atoms with Gasteiger partial charge in [0.05, 0.1) is 12.7 Å². The Morgan fingerprint density at radius 2 is 1.57 bits per heavy atom. The number of rotatable bonds is 7. The Kier molecular flexibility index (Phi) is 7.20. The van der Waals surface area contributed by atoms with E-state index in [9.17, 15) is 0 Å². The summed E-state index contributed by atoms with van der Waals surface area (Å²) < 4.78 is 10.6. The molecule has 0 fully saturated rings. The average Bonchev–Trinajstić information content (AvgIpc) is 2.22. The van der Waals surface area contributed by atoms with E-state index in [1.54, 1.807) is 14.2 Å². The van der Waals surface area contributed by atoms with Crippen molar-refractivity contribution in [2.45, 2.75) is 40.2 Å².